The molecule has 0 heterocycles. The molecule has 0 saturated heterocycles. The summed E-state index contributed by atoms with van der Waals surface area (Å²) in [5.41, 5.74) is 0.751. The largest absolute Gasteiger partial charge is 0.456 e. The normalized spacial score (nSPS) is 16.9. The number of halogens is 2. The Morgan fingerprint density at radius 3 is 2.47 bits per heavy atom. The topological polar surface area (TPSA) is 26.3 Å². The van der Waals surface area contributed by atoms with E-state index in [0.717, 1.165) is 18.4 Å². The molecule has 0 aliphatic heterocycles. The van der Waals surface area contributed by atoms with Gasteiger partial charge in [-0.1, -0.05) is 30.3 Å². The molecule has 1 atom stereocenters. The second-order valence-corrected chi connectivity index (χ2v) is 4.27. The Labute approximate surface area is 98.6 Å². The van der Waals surface area contributed by atoms with Crippen LogP contribution < -0.4 is 0 Å². The van der Waals surface area contributed by atoms with E-state index in [4.69, 9.17) is 4.74 Å². The number of rotatable bonds is 5. The number of benzene rings is 1. The van der Waals surface area contributed by atoms with Gasteiger partial charge in [0.15, 0.2) is 6.10 Å². The van der Waals surface area contributed by atoms with Crippen LogP contribution in [0.1, 0.15) is 18.4 Å². The summed E-state index contributed by atoms with van der Waals surface area (Å²) in [6, 6.07) is 8.87. The first-order valence-electron chi connectivity index (χ1n) is 5.69. The molecule has 0 N–H and O–H groups in total. The van der Waals surface area contributed by atoms with E-state index in [-0.39, 0.29) is 12.3 Å². The van der Waals surface area contributed by atoms with Crippen LogP contribution in [0.4, 0.5) is 8.78 Å². The number of esters is 1. The predicted octanol–water partition coefficient (Wildman–Crippen LogP) is 2.82. The summed E-state index contributed by atoms with van der Waals surface area (Å²) >= 11 is 0. The summed E-state index contributed by atoms with van der Waals surface area (Å²) in [5, 5.41) is 0. The van der Waals surface area contributed by atoms with Crippen LogP contribution >= 0.6 is 0 Å². The van der Waals surface area contributed by atoms with Gasteiger partial charge in [0.25, 0.3) is 6.43 Å². The van der Waals surface area contributed by atoms with Crippen molar-refractivity contribution >= 4 is 5.97 Å². The third-order valence-electron chi connectivity index (χ3n) is 2.74. The number of hydrogen-bond acceptors (Lipinski definition) is 2. The molecule has 2 rings (SSSR count). The van der Waals surface area contributed by atoms with Gasteiger partial charge in [-0.3, -0.25) is 4.79 Å². The van der Waals surface area contributed by atoms with Crippen LogP contribution in [0.5, 0.6) is 0 Å². The second kappa shape index (κ2) is 5.25. The maximum Gasteiger partial charge on any atom is 0.309 e. The lowest BCUT2D eigenvalue weighted by atomic mass is 10.1. The molecular formula is C13H14F2O2. The molecule has 1 aliphatic rings. The zero-order valence-electron chi connectivity index (χ0n) is 9.31. The average molecular weight is 240 g/mol. The Bertz CT molecular complexity index is 374. The van der Waals surface area contributed by atoms with Gasteiger partial charge in [-0.15, -0.1) is 0 Å². The quantitative estimate of drug-likeness (QED) is 0.740. The summed E-state index contributed by atoms with van der Waals surface area (Å²) < 4.78 is 30.4. The van der Waals surface area contributed by atoms with E-state index in [1.54, 1.807) is 24.3 Å². The highest BCUT2D eigenvalue weighted by Gasteiger charge is 2.35. The first-order valence-corrected chi connectivity index (χ1v) is 5.69. The van der Waals surface area contributed by atoms with Gasteiger partial charge in [0.1, 0.15) is 0 Å². The molecule has 17 heavy (non-hydrogen) atoms. The molecule has 1 saturated carbocycles. The highest BCUT2D eigenvalue weighted by Crippen LogP contribution is 2.31. The minimum Gasteiger partial charge on any atom is -0.456 e. The maximum absolute atomic E-state index is 12.8. The standard InChI is InChI=1S/C13H14F2O2/c14-12(15)11(17-13(16)10-6-7-10)8-9-4-2-1-3-5-9/h1-5,10-12H,6-8H2. The van der Waals surface area contributed by atoms with Gasteiger partial charge in [0, 0.05) is 6.42 Å². The molecule has 1 fully saturated rings. The first-order chi connectivity index (χ1) is 8.16. The van der Waals surface area contributed by atoms with Gasteiger partial charge in [0.2, 0.25) is 0 Å². The smallest absolute Gasteiger partial charge is 0.309 e. The van der Waals surface area contributed by atoms with Gasteiger partial charge >= 0.3 is 5.97 Å². The third-order valence-corrected chi connectivity index (χ3v) is 2.74. The molecule has 0 aromatic heterocycles. The fraction of sp³-hybridized carbons (Fsp3) is 0.462. The van der Waals surface area contributed by atoms with E-state index in [1.807, 2.05) is 6.07 Å². The highest BCUT2D eigenvalue weighted by molar-refractivity contribution is 5.75. The van der Waals surface area contributed by atoms with Gasteiger partial charge in [0.05, 0.1) is 5.92 Å². The Hall–Kier alpha value is -1.45. The van der Waals surface area contributed by atoms with Crippen LogP contribution in [-0.2, 0) is 16.0 Å². The molecule has 1 aromatic carbocycles. The first kappa shape index (κ1) is 12.0. The highest BCUT2D eigenvalue weighted by atomic mass is 19.3. The minimum absolute atomic E-state index is 0.0664. The van der Waals surface area contributed by atoms with Gasteiger partial charge in [-0.25, -0.2) is 8.78 Å². The fourth-order valence-electron chi connectivity index (χ4n) is 1.59. The molecule has 0 radical (unpaired) electrons. The van der Waals surface area contributed by atoms with E-state index in [9.17, 15) is 13.6 Å². The van der Waals surface area contributed by atoms with Crippen LogP contribution in [0.15, 0.2) is 30.3 Å². The number of carbonyl (C=O) groups excluding carboxylic acids is 1. The number of carbonyl (C=O) groups is 1. The number of ether oxygens (including phenoxy) is 1. The molecule has 0 spiro atoms. The average Bonchev–Trinajstić information content (AvgIpc) is 3.13. The van der Waals surface area contributed by atoms with Crippen molar-refractivity contribution in [2.75, 3.05) is 0 Å². The van der Waals surface area contributed by atoms with Crippen molar-refractivity contribution in [1.29, 1.82) is 0 Å². The Morgan fingerprint density at radius 1 is 1.29 bits per heavy atom. The second-order valence-electron chi connectivity index (χ2n) is 4.27. The van der Waals surface area contributed by atoms with Gasteiger partial charge in [-0.05, 0) is 18.4 Å². The van der Waals surface area contributed by atoms with Crippen molar-refractivity contribution in [3.05, 3.63) is 35.9 Å². The Kier molecular flexibility index (Phi) is 3.71. The van der Waals surface area contributed by atoms with Crippen LogP contribution in [-0.4, -0.2) is 18.5 Å². The molecule has 0 bridgehead atoms. The molecule has 92 valence electrons. The lowest BCUT2D eigenvalue weighted by Crippen LogP contribution is -2.28. The predicted molar refractivity (Wildman–Crippen MR) is 58.8 cm³/mol. The van der Waals surface area contributed by atoms with E-state index in [1.165, 1.54) is 0 Å². The summed E-state index contributed by atoms with van der Waals surface area (Å²) in [6.45, 7) is 0. The summed E-state index contributed by atoms with van der Waals surface area (Å²) in [4.78, 5) is 11.4. The monoisotopic (exact) mass is 240 g/mol. The molecule has 1 aliphatic carbocycles. The van der Waals surface area contributed by atoms with Crippen LogP contribution in [0.2, 0.25) is 0 Å². The van der Waals surface area contributed by atoms with Crippen molar-refractivity contribution in [1.82, 2.24) is 0 Å². The number of alkyl halides is 2. The van der Waals surface area contributed by atoms with Crippen LogP contribution in [0.25, 0.3) is 0 Å². The fourth-order valence-corrected chi connectivity index (χ4v) is 1.59. The lowest BCUT2D eigenvalue weighted by molar-refractivity contribution is -0.158. The van der Waals surface area contributed by atoms with Gasteiger partial charge in [-0.2, -0.15) is 0 Å². The zero-order valence-corrected chi connectivity index (χ0v) is 9.31. The summed E-state index contributed by atoms with van der Waals surface area (Å²) in [5.74, 6) is -0.627. The Balaban J connectivity index is 1.94. The summed E-state index contributed by atoms with van der Waals surface area (Å²) in [7, 11) is 0. The molecular weight excluding hydrogens is 226 g/mol. The van der Waals surface area contributed by atoms with Crippen LogP contribution in [0.3, 0.4) is 0 Å². The number of hydrogen-bond donors (Lipinski definition) is 0. The van der Waals surface area contributed by atoms with E-state index in [2.05, 4.69) is 0 Å². The van der Waals surface area contributed by atoms with Crippen molar-refractivity contribution < 1.29 is 18.3 Å². The lowest BCUT2D eigenvalue weighted by Gasteiger charge is -2.17. The van der Waals surface area contributed by atoms with E-state index in [0.29, 0.717) is 0 Å². The molecule has 1 aromatic rings. The molecule has 0 amide bonds. The maximum atomic E-state index is 12.8. The van der Waals surface area contributed by atoms with Crippen molar-refractivity contribution in [2.45, 2.75) is 31.8 Å². The van der Waals surface area contributed by atoms with Crippen molar-refractivity contribution in [3.63, 3.8) is 0 Å². The van der Waals surface area contributed by atoms with Crippen molar-refractivity contribution in [3.8, 4) is 0 Å². The van der Waals surface area contributed by atoms with Crippen molar-refractivity contribution in [2.24, 2.45) is 5.92 Å². The summed E-state index contributed by atoms with van der Waals surface area (Å²) in [6.07, 6.45) is -2.37. The third kappa shape index (κ3) is 3.51. The molecule has 1 unspecified atom stereocenters. The van der Waals surface area contributed by atoms with Crippen LogP contribution in [0, 0.1) is 5.92 Å². The molecule has 2 nitrogen and oxygen atoms in total. The SMILES string of the molecule is O=C(OC(Cc1ccccc1)C(F)F)C1CC1. The molecule has 4 heteroatoms. The zero-order chi connectivity index (χ0) is 12.3. The van der Waals surface area contributed by atoms with Gasteiger partial charge < -0.3 is 4.74 Å². The van der Waals surface area contributed by atoms with E-state index < -0.39 is 18.5 Å². The minimum atomic E-state index is -2.64. The Morgan fingerprint density at radius 2 is 1.94 bits per heavy atom. The van der Waals surface area contributed by atoms with E-state index >= 15 is 0 Å².